The van der Waals surface area contributed by atoms with E-state index >= 15 is 0 Å². The minimum Gasteiger partial charge on any atom is -0.387 e. The molecular formula is C19H18N8O4. The van der Waals surface area contributed by atoms with Crippen LogP contribution in [0.2, 0.25) is 0 Å². The molecule has 3 N–H and O–H groups in total. The average molecular weight is 422 g/mol. The molecule has 12 heteroatoms. The fraction of sp³-hybridized carbons (Fsp3) is 0.316. The summed E-state index contributed by atoms with van der Waals surface area (Å²) in [5.41, 5.74) is 1.37. The van der Waals surface area contributed by atoms with E-state index in [0.29, 0.717) is 11.6 Å². The Kier molecular flexibility index (Phi) is 4.86. The van der Waals surface area contributed by atoms with Gasteiger partial charge in [-0.15, -0.1) is 0 Å². The summed E-state index contributed by atoms with van der Waals surface area (Å²) in [6, 6.07) is 0.139. The standard InChI is InChI=1S/C19H18N8O4/c28-17(24-11-3-4-11)15-14(8-30-27-15)26-19(29)31-18-16(23-12-5-20-9-21-6-12)22-7-13(25-18)10-1-2-10/h5-11H,1-4H2,(H,22,23)(H,24,28)(H,26,29). The smallest absolute Gasteiger partial charge is 0.387 e. The third-order valence-electron chi connectivity index (χ3n) is 4.70. The van der Waals surface area contributed by atoms with Crippen LogP contribution >= 0.6 is 0 Å². The lowest BCUT2D eigenvalue weighted by atomic mass is 10.3. The van der Waals surface area contributed by atoms with Gasteiger partial charge in [0.05, 0.1) is 30.0 Å². The first kappa shape index (κ1) is 18.9. The Morgan fingerprint density at radius 1 is 1.10 bits per heavy atom. The maximum Gasteiger partial charge on any atom is 0.418 e. The Bertz CT molecular complexity index is 1110. The zero-order valence-corrected chi connectivity index (χ0v) is 16.2. The Morgan fingerprint density at radius 2 is 1.90 bits per heavy atom. The zero-order chi connectivity index (χ0) is 21.2. The van der Waals surface area contributed by atoms with Crippen molar-refractivity contribution in [2.24, 2.45) is 0 Å². The van der Waals surface area contributed by atoms with E-state index in [-0.39, 0.29) is 29.1 Å². The van der Waals surface area contributed by atoms with Crippen LogP contribution in [0.3, 0.4) is 0 Å². The molecule has 2 saturated carbocycles. The number of anilines is 3. The Morgan fingerprint density at radius 3 is 2.65 bits per heavy atom. The number of nitrogens with one attached hydrogen (secondary N) is 3. The highest BCUT2D eigenvalue weighted by molar-refractivity contribution is 6.01. The molecule has 0 aromatic carbocycles. The van der Waals surface area contributed by atoms with E-state index in [1.807, 2.05) is 0 Å². The predicted molar refractivity (Wildman–Crippen MR) is 106 cm³/mol. The van der Waals surface area contributed by atoms with E-state index in [9.17, 15) is 9.59 Å². The largest absolute Gasteiger partial charge is 0.418 e. The molecule has 2 amide bonds. The van der Waals surface area contributed by atoms with Crippen LogP contribution < -0.4 is 20.7 Å². The van der Waals surface area contributed by atoms with Crippen molar-refractivity contribution in [2.75, 3.05) is 10.6 Å². The third kappa shape index (κ3) is 4.57. The molecule has 3 heterocycles. The molecule has 31 heavy (non-hydrogen) atoms. The SMILES string of the molecule is O=C(Nc1conc1C(=O)NC1CC1)Oc1nc(C2CC2)cnc1Nc1cncnc1. The summed E-state index contributed by atoms with van der Waals surface area (Å²) < 4.78 is 10.3. The molecule has 0 bridgehead atoms. The molecule has 0 aliphatic heterocycles. The van der Waals surface area contributed by atoms with E-state index in [0.717, 1.165) is 37.6 Å². The van der Waals surface area contributed by atoms with Gasteiger partial charge in [0.25, 0.3) is 11.8 Å². The lowest BCUT2D eigenvalue weighted by molar-refractivity contribution is 0.0943. The summed E-state index contributed by atoms with van der Waals surface area (Å²) in [5.74, 6) is 0.105. The fourth-order valence-electron chi connectivity index (χ4n) is 2.81. The molecule has 2 fully saturated rings. The fourth-order valence-corrected chi connectivity index (χ4v) is 2.81. The second-order valence-corrected chi connectivity index (χ2v) is 7.31. The lowest BCUT2D eigenvalue weighted by Crippen LogP contribution is -2.27. The average Bonchev–Trinajstić information content (AvgIpc) is 3.70. The summed E-state index contributed by atoms with van der Waals surface area (Å²) in [7, 11) is 0. The molecule has 3 aromatic heterocycles. The number of aromatic nitrogens is 5. The monoisotopic (exact) mass is 422 g/mol. The number of amides is 2. The van der Waals surface area contributed by atoms with Crippen LogP contribution in [0.5, 0.6) is 5.88 Å². The zero-order valence-electron chi connectivity index (χ0n) is 16.2. The first-order chi connectivity index (χ1) is 15.2. The second-order valence-electron chi connectivity index (χ2n) is 7.31. The molecule has 0 spiro atoms. The van der Waals surface area contributed by atoms with Crippen LogP contribution in [0.4, 0.5) is 22.0 Å². The number of hydrogen-bond donors (Lipinski definition) is 3. The van der Waals surface area contributed by atoms with Crippen molar-refractivity contribution in [2.45, 2.75) is 37.6 Å². The molecule has 3 aromatic rings. The van der Waals surface area contributed by atoms with Gasteiger partial charge in [0.2, 0.25) is 0 Å². The van der Waals surface area contributed by atoms with E-state index < -0.39 is 12.0 Å². The van der Waals surface area contributed by atoms with Gasteiger partial charge in [-0.05, 0) is 25.7 Å². The molecule has 0 unspecified atom stereocenters. The van der Waals surface area contributed by atoms with Crippen molar-refractivity contribution >= 4 is 29.2 Å². The van der Waals surface area contributed by atoms with Gasteiger partial charge in [-0.3, -0.25) is 10.1 Å². The second kappa shape index (κ2) is 7.97. The number of ether oxygens (including phenoxy) is 1. The highest BCUT2D eigenvalue weighted by Crippen LogP contribution is 2.40. The van der Waals surface area contributed by atoms with Gasteiger partial charge in [0, 0.05) is 12.0 Å². The summed E-state index contributed by atoms with van der Waals surface area (Å²) >= 11 is 0. The van der Waals surface area contributed by atoms with Crippen LogP contribution in [0, 0.1) is 0 Å². The number of carbonyl (C=O) groups is 2. The minimum atomic E-state index is -0.863. The maximum absolute atomic E-state index is 12.5. The molecule has 2 aliphatic carbocycles. The summed E-state index contributed by atoms with van der Waals surface area (Å²) in [5, 5.41) is 11.9. The Labute approximate surface area is 175 Å². The molecule has 5 rings (SSSR count). The van der Waals surface area contributed by atoms with Gasteiger partial charge in [0.15, 0.2) is 11.5 Å². The van der Waals surface area contributed by atoms with Crippen molar-refractivity contribution in [1.29, 1.82) is 0 Å². The van der Waals surface area contributed by atoms with E-state index in [1.54, 1.807) is 18.6 Å². The van der Waals surface area contributed by atoms with E-state index in [2.05, 4.69) is 41.0 Å². The molecule has 0 atom stereocenters. The summed E-state index contributed by atoms with van der Waals surface area (Å²) in [4.78, 5) is 41.4. The van der Waals surface area contributed by atoms with Gasteiger partial charge < -0.3 is 19.9 Å². The van der Waals surface area contributed by atoms with Gasteiger partial charge in [-0.2, -0.15) is 0 Å². The molecular weight excluding hydrogens is 404 g/mol. The van der Waals surface area contributed by atoms with Crippen LogP contribution in [-0.4, -0.2) is 43.1 Å². The predicted octanol–water partition coefficient (Wildman–Crippen LogP) is 2.38. The quantitative estimate of drug-likeness (QED) is 0.516. The number of rotatable bonds is 7. The number of carbonyl (C=O) groups excluding carboxylic acids is 2. The van der Waals surface area contributed by atoms with E-state index in [1.165, 1.54) is 6.33 Å². The van der Waals surface area contributed by atoms with Crippen LogP contribution in [0.25, 0.3) is 0 Å². The summed E-state index contributed by atoms with van der Waals surface area (Å²) in [6.45, 7) is 0. The molecule has 2 aliphatic rings. The van der Waals surface area contributed by atoms with Crippen LogP contribution in [0.1, 0.15) is 47.8 Å². The Balaban J connectivity index is 1.32. The van der Waals surface area contributed by atoms with E-state index in [4.69, 9.17) is 9.26 Å². The van der Waals surface area contributed by atoms with Crippen molar-refractivity contribution in [3.63, 3.8) is 0 Å². The minimum absolute atomic E-state index is 0.00816. The lowest BCUT2D eigenvalue weighted by Gasteiger charge is -2.11. The van der Waals surface area contributed by atoms with Crippen molar-refractivity contribution in [1.82, 2.24) is 30.4 Å². The normalized spacial score (nSPS) is 15.2. The number of hydrogen-bond acceptors (Lipinski definition) is 10. The first-order valence-corrected chi connectivity index (χ1v) is 9.79. The first-order valence-electron chi connectivity index (χ1n) is 9.79. The molecule has 0 saturated heterocycles. The van der Waals surface area contributed by atoms with Crippen LogP contribution in [0.15, 0.2) is 35.7 Å². The maximum atomic E-state index is 12.5. The van der Waals surface area contributed by atoms with Crippen molar-refractivity contribution in [3.8, 4) is 5.88 Å². The van der Waals surface area contributed by atoms with Crippen molar-refractivity contribution in [3.05, 3.63) is 42.6 Å². The highest BCUT2D eigenvalue weighted by Gasteiger charge is 2.29. The van der Waals surface area contributed by atoms with Crippen molar-refractivity contribution < 1.29 is 18.8 Å². The van der Waals surface area contributed by atoms with Gasteiger partial charge in [-0.25, -0.2) is 24.7 Å². The topological polar surface area (TPSA) is 157 Å². The third-order valence-corrected chi connectivity index (χ3v) is 4.70. The van der Waals surface area contributed by atoms with Gasteiger partial charge in [0.1, 0.15) is 18.3 Å². The highest BCUT2D eigenvalue weighted by atomic mass is 16.6. The van der Waals surface area contributed by atoms with Gasteiger partial charge in [-0.1, -0.05) is 5.16 Å². The Hall–Kier alpha value is -4.09. The molecule has 0 radical (unpaired) electrons. The molecule has 12 nitrogen and oxygen atoms in total. The number of nitrogens with zero attached hydrogens (tertiary/aromatic N) is 5. The summed E-state index contributed by atoms with van der Waals surface area (Å²) in [6.07, 6.45) is 10.3. The van der Waals surface area contributed by atoms with Gasteiger partial charge >= 0.3 is 6.09 Å². The van der Waals surface area contributed by atoms with Crippen LogP contribution in [-0.2, 0) is 0 Å². The molecule has 158 valence electrons.